The topological polar surface area (TPSA) is 58.2 Å². The highest BCUT2D eigenvalue weighted by molar-refractivity contribution is 7.90. The Hall–Kier alpha value is -0.130. The Bertz CT molecular complexity index is 322. The number of nitrogens with one attached hydrogen (secondary N) is 2. The van der Waals surface area contributed by atoms with Gasteiger partial charge in [0.2, 0.25) is 10.0 Å². The molecule has 0 heterocycles. The summed E-state index contributed by atoms with van der Waals surface area (Å²) in [6.45, 7) is 7.50. The highest BCUT2D eigenvalue weighted by atomic mass is 32.2. The summed E-state index contributed by atoms with van der Waals surface area (Å²) in [5.41, 5.74) is 0. The smallest absolute Gasteiger partial charge is 0.215 e. The van der Waals surface area contributed by atoms with E-state index in [0.717, 1.165) is 44.6 Å². The Morgan fingerprint density at radius 3 is 2.39 bits per heavy atom. The Labute approximate surface area is 112 Å². The lowest BCUT2D eigenvalue weighted by Gasteiger charge is -2.28. The van der Waals surface area contributed by atoms with Crippen molar-refractivity contribution in [1.29, 1.82) is 0 Å². The second-order valence-corrected chi connectivity index (χ2v) is 7.76. The summed E-state index contributed by atoms with van der Waals surface area (Å²) in [6, 6.07) is 0.153. The zero-order chi connectivity index (χ0) is 13.6. The summed E-state index contributed by atoms with van der Waals surface area (Å²) < 4.78 is 27.1. The third kappa shape index (κ3) is 5.24. The summed E-state index contributed by atoms with van der Waals surface area (Å²) in [4.78, 5) is 0. The van der Waals surface area contributed by atoms with E-state index in [1.54, 1.807) is 6.92 Å². The van der Waals surface area contributed by atoms with Crippen LogP contribution in [0.1, 0.15) is 52.9 Å². The lowest BCUT2D eigenvalue weighted by molar-refractivity contribution is 0.331. The van der Waals surface area contributed by atoms with Crippen LogP contribution in [0.25, 0.3) is 0 Å². The lowest BCUT2D eigenvalue weighted by Crippen LogP contribution is -2.44. The van der Waals surface area contributed by atoms with Crippen molar-refractivity contribution in [1.82, 2.24) is 10.0 Å². The van der Waals surface area contributed by atoms with Crippen molar-refractivity contribution in [3.05, 3.63) is 0 Å². The second kappa shape index (κ2) is 7.46. The predicted octanol–water partition coefficient (Wildman–Crippen LogP) is 1.87. The van der Waals surface area contributed by atoms with Crippen LogP contribution in [0.2, 0.25) is 0 Å². The van der Waals surface area contributed by atoms with E-state index in [1.165, 1.54) is 0 Å². The van der Waals surface area contributed by atoms with Crippen LogP contribution in [0.4, 0.5) is 0 Å². The first kappa shape index (κ1) is 15.9. The Kier molecular flexibility index (Phi) is 6.60. The maximum absolute atomic E-state index is 12.1. The zero-order valence-electron chi connectivity index (χ0n) is 11.9. The molecule has 1 rings (SSSR count). The van der Waals surface area contributed by atoms with Gasteiger partial charge in [0.05, 0.1) is 5.25 Å². The maximum atomic E-state index is 12.1. The Balaban J connectivity index is 2.38. The normalized spacial score (nSPS) is 27.1. The minimum absolute atomic E-state index is 0.153. The number of hydrogen-bond donors (Lipinski definition) is 2. The molecule has 0 spiro atoms. The van der Waals surface area contributed by atoms with Gasteiger partial charge in [-0.15, -0.1) is 0 Å². The highest BCUT2D eigenvalue weighted by Crippen LogP contribution is 2.24. The van der Waals surface area contributed by atoms with Gasteiger partial charge in [-0.25, -0.2) is 13.1 Å². The molecule has 1 saturated carbocycles. The van der Waals surface area contributed by atoms with Crippen molar-refractivity contribution in [3.8, 4) is 0 Å². The monoisotopic (exact) mass is 276 g/mol. The minimum Gasteiger partial charge on any atom is -0.315 e. The van der Waals surface area contributed by atoms with Crippen LogP contribution in [-0.2, 0) is 10.0 Å². The van der Waals surface area contributed by atoms with Crippen molar-refractivity contribution in [2.45, 2.75) is 64.2 Å². The molecule has 1 unspecified atom stereocenters. The standard InChI is InChI=1S/C13H28N2O2S/c1-4-9-14-10-12(3)18(16,17)15-13-7-5-11(2)6-8-13/h11-15H,4-10H2,1-3H3. The molecule has 108 valence electrons. The fourth-order valence-electron chi connectivity index (χ4n) is 2.32. The Morgan fingerprint density at radius 2 is 1.83 bits per heavy atom. The molecule has 0 aromatic heterocycles. The van der Waals surface area contributed by atoms with E-state index in [4.69, 9.17) is 0 Å². The summed E-state index contributed by atoms with van der Waals surface area (Å²) in [6.07, 6.45) is 5.26. The van der Waals surface area contributed by atoms with Crippen LogP contribution in [0.5, 0.6) is 0 Å². The number of rotatable bonds is 7. The molecule has 4 nitrogen and oxygen atoms in total. The van der Waals surface area contributed by atoms with E-state index in [2.05, 4.69) is 23.9 Å². The van der Waals surface area contributed by atoms with E-state index < -0.39 is 10.0 Å². The van der Waals surface area contributed by atoms with Gasteiger partial charge in [-0.05, 0) is 51.5 Å². The average Bonchev–Trinajstić information content (AvgIpc) is 2.32. The maximum Gasteiger partial charge on any atom is 0.215 e. The first-order valence-electron chi connectivity index (χ1n) is 7.17. The Morgan fingerprint density at radius 1 is 1.22 bits per heavy atom. The van der Waals surface area contributed by atoms with Crippen molar-refractivity contribution in [3.63, 3.8) is 0 Å². The molecule has 1 aliphatic rings. The van der Waals surface area contributed by atoms with Gasteiger partial charge in [-0.1, -0.05) is 13.8 Å². The van der Waals surface area contributed by atoms with Gasteiger partial charge >= 0.3 is 0 Å². The lowest BCUT2D eigenvalue weighted by atomic mass is 9.88. The van der Waals surface area contributed by atoms with Gasteiger partial charge in [0.25, 0.3) is 0 Å². The van der Waals surface area contributed by atoms with Gasteiger partial charge in [-0.2, -0.15) is 0 Å². The van der Waals surface area contributed by atoms with Crippen LogP contribution in [-0.4, -0.2) is 32.8 Å². The second-order valence-electron chi connectivity index (χ2n) is 5.63. The van der Waals surface area contributed by atoms with Crippen LogP contribution in [0.3, 0.4) is 0 Å². The average molecular weight is 276 g/mol. The first-order chi connectivity index (χ1) is 8.45. The van der Waals surface area contributed by atoms with Gasteiger partial charge in [0, 0.05) is 12.6 Å². The van der Waals surface area contributed by atoms with E-state index in [0.29, 0.717) is 6.54 Å². The van der Waals surface area contributed by atoms with Gasteiger partial charge in [-0.3, -0.25) is 0 Å². The van der Waals surface area contributed by atoms with Crippen LogP contribution >= 0.6 is 0 Å². The number of hydrogen-bond acceptors (Lipinski definition) is 3. The molecule has 0 aliphatic heterocycles. The summed E-state index contributed by atoms with van der Waals surface area (Å²) in [5, 5.41) is 2.81. The van der Waals surface area contributed by atoms with E-state index in [-0.39, 0.29) is 11.3 Å². The molecule has 18 heavy (non-hydrogen) atoms. The van der Waals surface area contributed by atoms with Crippen LogP contribution in [0.15, 0.2) is 0 Å². The SMILES string of the molecule is CCCNCC(C)S(=O)(=O)NC1CCC(C)CC1. The summed E-state index contributed by atoms with van der Waals surface area (Å²) in [7, 11) is -3.17. The van der Waals surface area contributed by atoms with Crippen LogP contribution < -0.4 is 10.0 Å². The summed E-state index contributed by atoms with van der Waals surface area (Å²) in [5.74, 6) is 0.745. The largest absolute Gasteiger partial charge is 0.315 e. The van der Waals surface area contributed by atoms with E-state index in [9.17, 15) is 8.42 Å². The minimum atomic E-state index is -3.17. The van der Waals surface area contributed by atoms with Gasteiger partial charge < -0.3 is 5.32 Å². The van der Waals surface area contributed by atoms with Crippen molar-refractivity contribution < 1.29 is 8.42 Å². The van der Waals surface area contributed by atoms with Gasteiger partial charge in [0.1, 0.15) is 0 Å². The quantitative estimate of drug-likeness (QED) is 0.698. The van der Waals surface area contributed by atoms with E-state index in [1.807, 2.05) is 0 Å². The zero-order valence-corrected chi connectivity index (χ0v) is 12.7. The van der Waals surface area contributed by atoms with Crippen LogP contribution in [0, 0.1) is 5.92 Å². The third-order valence-electron chi connectivity index (χ3n) is 3.74. The fraction of sp³-hybridized carbons (Fsp3) is 1.00. The molecule has 0 amide bonds. The molecule has 0 radical (unpaired) electrons. The fourth-order valence-corrected chi connectivity index (χ4v) is 3.59. The van der Waals surface area contributed by atoms with Crippen molar-refractivity contribution in [2.24, 2.45) is 5.92 Å². The summed E-state index contributed by atoms with van der Waals surface area (Å²) >= 11 is 0. The predicted molar refractivity (Wildman–Crippen MR) is 76.1 cm³/mol. The molecule has 0 aromatic carbocycles. The molecule has 0 bridgehead atoms. The van der Waals surface area contributed by atoms with Gasteiger partial charge in [0.15, 0.2) is 0 Å². The molecule has 1 atom stereocenters. The molecule has 0 saturated heterocycles. The first-order valence-corrected chi connectivity index (χ1v) is 8.72. The molecule has 5 heteroatoms. The van der Waals surface area contributed by atoms with Crippen molar-refractivity contribution >= 4 is 10.0 Å². The molecular weight excluding hydrogens is 248 g/mol. The van der Waals surface area contributed by atoms with E-state index >= 15 is 0 Å². The molecule has 2 N–H and O–H groups in total. The van der Waals surface area contributed by atoms with Crippen molar-refractivity contribution in [2.75, 3.05) is 13.1 Å². The molecule has 0 aromatic rings. The molecule has 1 aliphatic carbocycles. The number of sulfonamides is 1. The molecular formula is C13H28N2O2S. The third-order valence-corrected chi connectivity index (χ3v) is 5.62. The molecule has 1 fully saturated rings. The highest BCUT2D eigenvalue weighted by Gasteiger charge is 2.26.